The summed E-state index contributed by atoms with van der Waals surface area (Å²) in [6.45, 7) is -0.723. The number of nitro benzene ring substituents is 1. The molecule has 0 bridgehead atoms. The Morgan fingerprint density at radius 3 is 2.33 bits per heavy atom. The largest absolute Gasteiger partial charge is 0.279 e. The van der Waals surface area contributed by atoms with Gasteiger partial charge in [-0.15, -0.1) is 0 Å². The quantitative estimate of drug-likeness (QED) is 0.429. The second kappa shape index (κ2) is 7.16. The molecule has 126 valence electrons. The zero-order valence-electron chi connectivity index (χ0n) is 11.9. The van der Waals surface area contributed by atoms with Crippen molar-refractivity contribution >= 4 is 49.8 Å². The first-order valence-corrected chi connectivity index (χ1v) is 8.63. The van der Waals surface area contributed by atoms with Crippen molar-refractivity contribution in [2.45, 2.75) is 4.90 Å². The van der Waals surface area contributed by atoms with E-state index in [4.69, 9.17) is 23.2 Å². The van der Waals surface area contributed by atoms with Crippen molar-refractivity contribution in [3.8, 4) is 0 Å². The molecule has 0 atom stereocenters. The normalized spacial score (nSPS) is 11.1. The first-order chi connectivity index (χ1) is 11.2. The molecular formula is C14H10Cl2N2O5S. The van der Waals surface area contributed by atoms with Crippen LogP contribution in [0.2, 0.25) is 5.02 Å². The molecule has 0 heterocycles. The Morgan fingerprint density at radius 2 is 1.79 bits per heavy atom. The molecule has 2 aromatic rings. The molecule has 7 nitrogen and oxygen atoms in total. The van der Waals surface area contributed by atoms with Gasteiger partial charge < -0.3 is 0 Å². The van der Waals surface area contributed by atoms with Crippen LogP contribution in [0, 0.1) is 10.1 Å². The number of carbonyl (C=O) groups is 1. The Balaban J connectivity index is 2.64. The van der Waals surface area contributed by atoms with Crippen LogP contribution in [-0.2, 0) is 14.8 Å². The van der Waals surface area contributed by atoms with Gasteiger partial charge in [-0.25, -0.2) is 8.42 Å². The number of anilines is 1. The van der Waals surface area contributed by atoms with Gasteiger partial charge in [-0.1, -0.05) is 29.8 Å². The van der Waals surface area contributed by atoms with Gasteiger partial charge >= 0.3 is 0 Å². The van der Waals surface area contributed by atoms with Gasteiger partial charge in [0.2, 0.25) is 5.24 Å². The number of nitrogens with zero attached hydrogens (tertiary/aromatic N) is 2. The predicted octanol–water partition coefficient (Wildman–Crippen LogP) is 3.21. The Bertz CT molecular complexity index is 887. The monoisotopic (exact) mass is 388 g/mol. The summed E-state index contributed by atoms with van der Waals surface area (Å²) in [7, 11) is -4.19. The van der Waals surface area contributed by atoms with Crippen molar-refractivity contribution in [2.24, 2.45) is 0 Å². The van der Waals surface area contributed by atoms with Gasteiger partial charge in [0.25, 0.3) is 15.7 Å². The summed E-state index contributed by atoms with van der Waals surface area (Å²) in [6.07, 6.45) is 0. The lowest BCUT2D eigenvalue weighted by atomic mass is 10.3. The van der Waals surface area contributed by atoms with E-state index in [2.05, 4.69) is 0 Å². The van der Waals surface area contributed by atoms with Gasteiger partial charge in [-0.2, -0.15) is 0 Å². The molecule has 0 spiro atoms. The van der Waals surface area contributed by atoms with Crippen molar-refractivity contribution in [1.29, 1.82) is 0 Å². The fourth-order valence-electron chi connectivity index (χ4n) is 1.94. The minimum absolute atomic E-state index is 0.0713. The lowest BCUT2D eigenvalue weighted by Gasteiger charge is -2.23. The number of non-ortho nitro benzene ring substituents is 1. The summed E-state index contributed by atoms with van der Waals surface area (Å²) in [5, 5.41) is 9.90. The van der Waals surface area contributed by atoms with Crippen molar-refractivity contribution in [1.82, 2.24) is 0 Å². The smallest absolute Gasteiger partial charge is 0.271 e. The van der Waals surface area contributed by atoms with Crippen molar-refractivity contribution in [2.75, 3.05) is 10.8 Å². The van der Waals surface area contributed by atoms with Crippen molar-refractivity contribution < 1.29 is 18.1 Å². The van der Waals surface area contributed by atoms with Crippen LogP contribution in [-0.4, -0.2) is 25.1 Å². The molecule has 2 aromatic carbocycles. The third-order valence-corrected chi connectivity index (χ3v) is 5.22. The summed E-state index contributed by atoms with van der Waals surface area (Å²) < 4.78 is 26.2. The molecule has 0 saturated heterocycles. The molecule has 0 aromatic heterocycles. The number of nitro groups is 1. The molecule has 10 heteroatoms. The fraction of sp³-hybridized carbons (Fsp3) is 0.0714. The van der Waals surface area contributed by atoms with Crippen LogP contribution in [0.1, 0.15) is 0 Å². The van der Waals surface area contributed by atoms with Crippen LogP contribution in [0.25, 0.3) is 0 Å². The summed E-state index contributed by atoms with van der Waals surface area (Å²) in [5.74, 6) is 0. The predicted molar refractivity (Wildman–Crippen MR) is 89.9 cm³/mol. The van der Waals surface area contributed by atoms with Crippen molar-refractivity contribution in [3.63, 3.8) is 0 Å². The van der Waals surface area contributed by atoms with Gasteiger partial charge in [0, 0.05) is 12.1 Å². The van der Waals surface area contributed by atoms with E-state index < -0.39 is 26.7 Å². The highest BCUT2D eigenvalue weighted by Crippen LogP contribution is 2.33. The van der Waals surface area contributed by atoms with Gasteiger partial charge in [0.15, 0.2) is 0 Å². The number of hydrogen-bond acceptors (Lipinski definition) is 5. The minimum Gasteiger partial charge on any atom is -0.279 e. The van der Waals surface area contributed by atoms with Crippen LogP contribution >= 0.6 is 23.2 Å². The molecule has 0 saturated carbocycles. The zero-order valence-corrected chi connectivity index (χ0v) is 14.3. The summed E-state index contributed by atoms with van der Waals surface area (Å²) in [6, 6.07) is 10.6. The van der Waals surface area contributed by atoms with Gasteiger partial charge in [-0.3, -0.25) is 19.2 Å². The zero-order chi connectivity index (χ0) is 17.9. The van der Waals surface area contributed by atoms with E-state index in [0.29, 0.717) is 4.31 Å². The summed E-state index contributed by atoms with van der Waals surface area (Å²) in [5.41, 5.74) is -0.576. The summed E-state index contributed by atoms with van der Waals surface area (Å²) >= 11 is 11.3. The molecule has 0 amide bonds. The average Bonchev–Trinajstić information content (AvgIpc) is 2.53. The molecule has 0 aliphatic heterocycles. The number of benzene rings is 2. The number of hydrogen-bond donors (Lipinski definition) is 0. The third kappa shape index (κ3) is 3.84. The second-order valence-electron chi connectivity index (χ2n) is 4.57. The molecule has 0 N–H and O–H groups in total. The molecule has 0 fully saturated rings. The fourth-order valence-corrected chi connectivity index (χ4v) is 3.85. The van der Waals surface area contributed by atoms with Crippen LogP contribution < -0.4 is 4.31 Å². The minimum atomic E-state index is -4.19. The molecular weight excluding hydrogens is 379 g/mol. The highest BCUT2D eigenvalue weighted by molar-refractivity contribution is 7.92. The maximum atomic E-state index is 12.8. The van der Waals surface area contributed by atoms with E-state index in [-0.39, 0.29) is 21.3 Å². The Kier molecular flexibility index (Phi) is 5.43. The van der Waals surface area contributed by atoms with Crippen LogP contribution in [0.15, 0.2) is 53.4 Å². The standard InChI is InChI=1S/C14H10Cl2N2O5S/c15-12-7-6-10(18(20)21)8-13(12)17(9-14(16)19)24(22,23)11-4-2-1-3-5-11/h1-8H,9H2. The Labute approximate surface area is 147 Å². The first kappa shape index (κ1) is 18.2. The highest BCUT2D eigenvalue weighted by atomic mass is 35.5. The molecule has 0 aliphatic rings. The topological polar surface area (TPSA) is 97.6 Å². The van der Waals surface area contributed by atoms with Crippen LogP contribution in [0.5, 0.6) is 0 Å². The molecule has 24 heavy (non-hydrogen) atoms. The molecule has 0 radical (unpaired) electrons. The highest BCUT2D eigenvalue weighted by Gasteiger charge is 2.29. The van der Waals surface area contributed by atoms with E-state index >= 15 is 0 Å². The van der Waals surface area contributed by atoms with Crippen LogP contribution in [0.4, 0.5) is 11.4 Å². The SMILES string of the molecule is O=C(Cl)CN(c1cc([N+](=O)[O-])ccc1Cl)S(=O)(=O)c1ccccc1. The van der Waals surface area contributed by atoms with Crippen molar-refractivity contribution in [3.05, 3.63) is 63.7 Å². The number of rotatable bonds is 6. The van der Waals surface area contributed by atoms with E-state index in [9.17, 15) is 23.3 Å². The van der Waals surface area contributed by atoms with E-state index in [0.717, 1.165) is 12.1 Å². The van der Waals surface area contributed by atoms with Gasteiger partial charge in [0.1, 0.15) is 6.54 Å². The summed E-state index contributed by atoms with van der Waals surface area (Å²) in [4.78, 5) is 21.4. The van der Waals surface area contributed by atoms with E-state index in [1.165, 1.54) is 30.3 Å². The molecule has 2 rings (SSSR count). The Hall–Kier alpha value is -2.16. The van der Waals surface area contributed by atoms with E-state index in [1.54, 1.807) is 6.07 Å². The molecule has 0 aliphatic carbocycles. The average molecular weight is 389 g/mol. The maximum Gasteiger partial charge on any atom is 0.271 e. The Morgan fingerprint density at radius 1 is 1.17 bits per heavy atom. The lowest BCUT2D eigenvalue weighted by molar-refractivity contribution is -0.384. The van der Waals surface area contributed by atoms with Crippen LogP contribution in [0.3, 0.4) is 0 Å². The van der Waals surface area contributed by atoms with Gasteiger partial charge in [0.05, 0.1) is 20.5 Å². The number of carbonyl (C=O) groups excluding carboxylic acids is 1. The van der Waals surface area contributed by atoms with Gasteiger partial charge in [-0.05, 0) is 29.8 Å². The first-order valence-electron chi connectivity index (χ1n) is 6.43. The number of sulfonamides is 1. The lowest BCUT2D eigenvalue weighted by Crippen LogP contribution is -2.34. The second-order valence-corrected chi connectivity index (χ2v) is 7.26. The van der Waals surface area contributed by atoms with E-state index in [1.807, 2.05) is 0 Å². The molecule has 0 unspecified atom stereocenters. The maximum absolute atomic E-state index is 12.8. The number of halogens is 2. The third-order valence-electron chi connectivity index (χ3n) is 3.01.